The van der Waals surface area contributed by atoms with Gasteiger partial charge in [0, 0.05) is 5.54 Å². The zero-order chi connectivity index (χ0) is 24.1. The lowest BCUT2D eigenvalue weighted by atomic mass is 10.0. The number of nitrogens with one attached hydrogen (secondary N) is 1. The zero-order valence-electron chi connectivity index (χ0n) is 20.4. The Hall–Kier alpha value is -2.57. The second-order valence-corrected chi connectivity index (χ2v) is 10.4. The number of carbonyl (C=O) groups is 3. The van der Waals surface area contributed by atoms with E-state index in [1.165, 1.54) is 0 Å². The maximum absolute atomic E-state index is 13.2. The minimum atomic E-state index is -1.12. The van der Waals surface area contributed by atoms with E-state index in [1.54, 1.807) is 56.0 Å². The van der Waals surface area contributed by atoms with E-state index in [0.717, 1.165) is 25.7 Å². The fourth-order valence-electron chi connectivity index (χ4n) is 3.61. The van der Waals surface area contributed by atoms with Crippen LogP contribution >= 0.6 is 0 Å². The highest BCUT2D eigenvalue weighted by molar-refractivity contribution is 5.93. The Morgan fingerprint density at radius 1 is 1.03 bits per heavy atom. The Morgan fingerprint density at radius 2 is 1.66 bits per heavy atom. The van der Waals surface area contributed by atoms with Crippen LogP contribution in [0, 0.1) is 0 Å². The normalized spacial score (nSPS) is 19.2. The van der Waals surface area contributed by atoms with Gasteiger partial charge in [-0.2, -0.15) is 0 Å². The van der Waals surface area contributed by atoms with Crippen molar-refractivity contribution in [2.24, 2.45) is 0 Å². The predicted molar refractivity (Wildman–Crippen MR) is 123 cm³/mol. The first kappa shape index (κ1) is 25.7. The van der Waals surface area contributed by atoms with E-state index < -0.39 is 41.3 Å². The number of benzene rings is 1. The maximum Gasteiger partial charge on any atom is 0.411 e. The third kappa shape index (κ3) is 7.53. The summed E-state index contributed by atoms with van der Waals surface area (Å²) in [5.41, 5.74) is -0.826. The molecule has 0 unspecified atom stereocenters. The van der Waals surface area contributed by atoms with Crippen molar-refractivity contribution in [3.63, 3.8) is 0 Å². The molecule has 32 heavy (non-hydrogen) atoms. The first-order valence-electron chi connectivity index (χ1n) is 11.4. The Bertz CT molecular complexity index is 795. The van der Waals surface area contributed by atoms with Crippen molar-refractivity contribution in [3.05, 3.63) is 35.9 Å². The van der Waals surface area contributed by atoms with Gasteiger partial charge < -0.3 is 14.8 Å². The quantitative estimate of drug-likeness (QED) is 0.356. The van der Waals surface area contributed by atoms with Gasteiger partial charge in [0.1, 0.15) is 11.6 Å². The highest BCUT2D eigenvalue weighted by Gasteiger charge is 2.59. The van der Waals surface area contributed by atoms with Gasteiger partial charge in [-0.25, -0.2) is 9.59 Å². The number of amides is 2. The van der Waals surface area contributed by atoms with E-state index in [4.69, 9.17) is 9.47 Å². The van der Waals surface area contributed by atoms with Gasteiger partial charge in [-0.05, 0) is 60.1 Å². The van der Waals surface area contributed by atoms with Crippen LogP contribution in [-0.4, -0.2) is 52.2 Å². The summed E-state index contributed by atoms with van der Waals surface area (Å²) in [4.78, 5) is 40.4. The molecule has 0 saturated carbocycles. The average Bonchev–Trinajstić information content (AvgIpc) is 3.38. The smallest absolute Gasteiger partial charge is 0.411 e. The van der Waals surface area contributed by atoms with E-state index in [1.807, 2.05) is 20.8 Å². The summed E-state index contributed by atoms with van der Waals surface area (Å²) in [5, 5.41) is 2.90. The lowest BCUT2D eigenvalue weighted by Gasteiger charge is -2.25. The molecule has 1 aromatic rings. The second-order valence-electron chi connectivity index (χ2n) is 10.4. The van der Waals surface area contributed by atoms with Gasteiger partial charge in [-0.15, -0.1) is 0 Å². The molecule has 1 aliphatic heterocycles. The first-order chi connectivity index (χ1) is 14.8. The summed E-state index contributed by atoms with van der Waals surface area (Å²) in [7, 11) is 0. The Balaban J connectivity index is 2.29. The molecule has 0 radical (unpaired) electrons. The molecule has 2 rings (SSSR count). The summed E-state index contributed by atoms with van der Waals surface area (Å²) in [5.74, 6) is -1.01. The number of nitrogens with zero attached hydrogens (tertiary/aromatic N) is 1. The van der Waals surface area contributed by atoms with Crippen molar-refractivity contribution in [3.8, 4) is 0 Å². The fraction of sp³-hybridized carbons (Fsp3) is 0.640. The number of hydrogen-bond donors (Lipinski definition) is 1. The highest BCUT2D eigenvalue weighted by atomic mass is 16.6. The molecule has 0 spiro atoms. The first-order valence-corrected chi connectivity index (χ1v) is 11.4. The summed E-state index contributed by atoms with van der Waals surface area (Å²) >= 11 is 0. The Morgan fingerprint density at radius 3 is 2.19 bits per heavy atom. The van der Waals surface area contributed by atoms with Gasteiger partial charge in [0.2, 0.25) is 6.10 Å². The van der Waals surface area contributed by atoms with Gasteiger partial charge in [-0.1, -0.05) is 44.4 Å². The van der Waals surface area contributed by atoms with Crippen molar-refractivity contribution < 1.29 is 23.9 Å². The molecule has 7 nitrogen and oxygen atoms in total. The van der Waals surface area contributed by atoms with Gasteiger partial charge in [0.05, 0.1) is 11.6 Å². The van der Waals surface area contributed by atoms with Gasteiger partial charge in [0.15, 0.2) is 0 Å². The van der Waals surface area contributed by atoms with E-state index in [9.17, 15) is 14.4 Å². The van der Waals surface area contributed by atoms with Crippen molar-refractivity contribution in [2.45, 2.75) is 103 Å². The van der Waals surface area contributed by atoms with E-state index in [-0.39, 0.29) is 6.04 Å². The van der Waals surface area contributed by atoms with Crippen LogP contribution in [0.5, 0.6) is 0 Å². The van der Waals surface area contributed by atoms with Gasteiger partial charge >= 0.3 is 12.1 Å². The molecule has 1 aromatic carbocycles. The molecule has 0 aliphatic carbocycles. The molecule has 0 bridgehead atoms. The lowest BCUT2D eigenvalue weighted by Crippen LogP contribution is -2.50. The number of carbonyl (C=O) groups excluding carboxylic acids is 3. The Labute approximate surface area is 191 Å². The highest BCUT2D eigenvalue weighted by Crippen LogP contribution is 2.38. The Kier molecular flexibility index (Phi) is 8.32. The van der Waals surface area contributed by atoms with Gasteiger partial charge in [0.25, 0.3) is 5.91 Å². The topological polar surface area (TPSA) is 84.7 Å². The van der Waals surface area contributed by atoms with Gasteiger partial charge in [-0.3, -0.25) is 9.69 Å². The molecule has 178 valence electrons. The number of rotatable bonds is 8. The molecule has 7 heteroatoms. The average molecular weight is 447 g/mol. The maximum atomic E-state index is 13.2. The zero-order valence-corrected chi connectivity index (χ0v) is 20.4. The molecule has 1 saturated heterocycles. The van der Waals surface area contributed by atoms with Crippen LogP contribution in [0.1, 0.15) is 84.5 Å². The van der Waals surface area contributed by atoms with E-state index >= 15 is 0 Å². The largest absolute Gasteiger partial charge is 0.446 e. The van der Waals surface area contributed by atoms with Crippen LogP contribution < -0.4 is 5.32 Å². The molecular weight excluding hydrogens is 408 g/mol. The number of hydrogen-bond acceptors (Lipinski definition) is 5. The summed E-state index contributed by atoms with van der Waals surface area (Å²) in [6.45, 7) is 13.1. The minimum Gasteiger partial charge on any atom is -0.446 e. The van der Waals surface area contributed by atoms with Crippen molar-refractivity contribution in [2.75, 3.05) is 0 Å². The third-order valence-electron chi connectivity index (χ3n) is 5.00. The molecule has 1 fully saturated rings. The number of esters is 1. The number of ether oxygens (including phenoxy) is 2. The summed E-state index contributed by atoms with van der Waals surface area (Å²) in [6.07, 6.45) is 2.08. The molecule has 2 amide bonds. The third-order valence-corrected chi connectivity index (χ3v) is 5.00. The van der Waals surface area contributed by atoms with Crippen molar-refractivity contribution in [1.82, 2.24) is 10.2 Å². The molecule has 0 aromatic heterocycles. The van der Waals surface area contributed by atoms with Crippen LogP contribution in [0.2, 0.25) is 0 Å². The minimum absolute atomic E-state index is 0.212. The van der Waals surface area contributed by atoms with Crippen LogP contribution in [0.15, 0.2) is 30.3 Å². The van der Waals surface area contributed by atoms with Crippen LogP contribution in [-0.2, 0) is 14.3 Å². The predicted octanol–water partition coefficient (Wildman–Crippen LogP) is 4.69. The molecule has 1 aliphatic rings. The second kappa shape index (κ2) is 10.4. The van der Waals surface area contributed by atoms with E-state index in [0.29, 0.717) is 5.56 Å². The SMILES string of the molecule is CCCCC[C@@H]1[C@@H]([C@H](OC(=O)c2ccccc2)C(=O)NC(C)(C)C)N1C(=O)OC(C)(C)C. The molecule has 3 atom stereocenters. The van der Waals surface area contributed by atoms with Crippen LogP contribution in [0.4, 0.5) is 4.79 Å². The van der Waals surface area contributed by atoms with Crippen molar-refractivity contribution >= 4 is 18.0 Å². The monoisotopic (exact) mass is 446 g/mol. The fourth-order valence-corrected chi connectivity index (χ4v) is 3.61. The standard InChI is InChI=1S/C25H38N2O5/c1-8-9-11-16-18-19(27(18)23(30)32-25(5,6)7)20(21(28)26-24(2,3)4)31-22(29)17-14-12-10-13-15-17/h10,12-15,18-20H,8-9,11,16H2,1-7H3,(H,26,28)/t18-,19+,20+,27?/m1/s1. The summed E-state index contributed by atoms with van der Waals surface area (Å²) in [6, 6.07) is 7.77. The number of unbranched alkanes of at least 4 members (excludes halogenated alkanes) is 2. The molecular formula is C25H38N2O5. The molecule has 1 heterocycles. The molecule has 1 N–H and O–H groups in total. The van der Waals surface area contributed by atoms with Crippen LogP contribution in [0.3, 0.4) is 0 Å². The summed E-state index contributed by atoms with van der Waals surface area (Å²) < 4.78 is 11.3. The van der Waals surface area contributed by atoms with E-state index in [2.05, 4.69) is 12.2 Å². The lowest BCUT2D eigenvalue weighted by molar-refractivity contribution is -0.131. The van der Waals surface area contributed by atoms with Crippen molar-refractivity contribution in [1.29, 1.82) is 0 Å². The van der Waals surface area contributed by atoms with Crippen LogP contribution in [0.25, 0.3) is 0 Å².